The van der Waals surface area contributed by atoms with Crippen molar-refractivity contribution in [3.05, 3.63) is 28.9 Å². The lowest BCUT2D eigenvalue weighted by molar-refractivity contribution is 0.463. The van der Waals surface area contributed by atoms with E-state index in [1.807, 2.05) is 0 Å². The molecule has 0 bridgehead atoms. The van der Waals surface area contributed by atoms with Crippen LogP contribution in [-0.2, 0) is 6.54 Å². The van der Waals surface area contributed by atoms with E-state index in [-0.39, 0.29) is 5.56 Å². The molecule has 1 heterocycles. The zero-order valence-electron chi connectivity index (χ0n) is 7.68. The Morgan fingerprint density at radius 1 is 1.69 bits per heavy atom. The smallest absolute Gasteiger partial charge is 0.253 e. The Balaban J connectivity index is 2.73. The Morgan fingerprint density at radius 3 is 3.00 bits per heavy atom. The summed E-state index contributed by atoms with van der Waals surface area (Å²) in [6.45, 7) is 2.81. The average molecular weight is 198 g/mol. The third-order valence-corrected chi connectivity index (χ3v) is 2.60. The summed E-state index contributed by atoms with van der Waals surface area (Å²) in [5.41, 5.74) is 0.00948. The van der Waals surface area contributed by atoms with Gasteiger partial charge in [0, 0.05) is 18.8 Å². The summed E-state index contributed by atoms with van der Waals surface area (Å²) in [6.07, 6.45) is 4.12. The molecule has 0 N–H and O–H groups in total. The molecule has 0 aliphatic carbocycles. The van der Waals surface area contributed by atoms with Crippen LogP contribution in [0.25, 0.3) is 0 Å². The van der Waals surface area contributed by atoms with Gasteiger partial charge in [-0.05, 0) is 11.7 Å². The maximum Gasteiger partial charge on any atom is 0.253 e. The molecule has 0 radical (unpaired) electrons. The normalized spacial score (nSPS) is 12.8. The lowest BCUT2D eigenvalue weighted by Crippen LogP contribution is -2.23. The number of hydrogen-bond donors (Lipinski definition) is 1. The third kappa shape index (κ3) is 2.88. The van der Waals surface area contributed by atoms with E-state index in [2.05, 4.69) is 24.5 Å². The molecule has 13 heavy (non-hydrogen) atoms. The molecule has 0 saturated heterocycles. The second-order valence-corrected chi connectivity index (χ2v) is 3.39. The SMILES string of the molecule is CCC(CS)Cn1cnccc1=O. The van der Waals surface area contributed by atoms with Crippen LogP contribution >= 0.6 is 12.6 Å². The minimum atomic E-state index is 0.00948. The van der Waals surface area contributed by atoms with Crippen molar-refractivity contribution in [2.24, 2.45) is 5.92 Å². The van der Waals surface area contributed by atoms with Crippen molar-refractivity contribution in [2.75, 3.05) is 5.75 Å². The molecule has 72 valence electrons. The van der Waals surface area contributed by atoms with Crippen LogP contribution in [0.4, 0.5) is 0 Å². The highest BCUT2D eigenvalue weighted by molar-refractivity contribution is 7.80. The Kier molecular flexibility index (Phi) is 4.02. The van der Waals surface area contributed by atoms with Crippen LogP contribution in [0.5, 0.6) is 0 Å². The van der Waals surface area contributed by atoms with Gasteiger partial charge in [0.05, 0.1) is 6.33 Å². The summed E-state index contributed by atoms with van der Waals surface area (Å²) in [5.74, 6) is 1.25. The molecule has 0 saturated carbocycles. The minimum Gasteiger partial charge on any atom is -0.299 e. The van der Waals surface area contributed by atoms with Crippen molar-refractivity contribution < 1.29 is 0 Å². The first kappa shape index (κ1) is 10.3. The molecule has 1 aromatic heterocycles. The summed E-state index contributed by atoms with van der Waals surface area (Å²) >= 11 is 4.22. The summed E-state index contributed by atoms with van der Waals surface area (Å²) in [5, 5.41) is 0. The van der Waals surface area contributed by atoms with E-state index in [0.717, 1.165) is 12.2 Å². The first-order valence-corrected chi connectivity index (χ1v) is 5.02. The number of aromatic nitrogens is 2. The highest BCUT2D eigenvalue weighted by Crippen LogP contribution is 2.06. The van der Waals surface area contributed by atoms with Crippen molar-refractivity contribution in [1.82, 2.24) is 9.55 Å². The lowest BCUT2D eigenvalue weighted by atomic mass is 10.1. The zero-order valence-corrected chi connectivity index (χ0v) is 8.58. The van der Waals surface area contributed by atoms with Gasteiger partial charge in [-0.1, -0.05) is 13.3 Å². The van der Waals surface area contributed by atoms with Gasteiger partial charge >= 0.3 is 0 Å². The number of nitrogens with zero attached hydrogens (tertiary/aromatic N) is 2. The molecule has 1 unspecified atom stereocenters. The zero-order chi connectivity index (χ0) is 9.68. The summed E-state index contributed by atoms with van der Waals surface area (Å²) in [6, 6.07) is 1.48. The first-order valence-electron chi connectivity index (χ1n) is 4.39. The largest absolute Gasteiger partial charge is 0.299 e. The van der Waals surface area contributed by atoms with E-state index >= 15 is 0 Å². The molecule has 0 spiro atoms. The maximum absolute atomic E-state index is 11.3. The molecular formula is C9H14N2OS. The molecule has 0 aromatic carbocycles. The van der Waals surface area contributed by atoms with Gasteiger partial charge in [0.2, 0.25) is 0 Å². The highest BCUT2D eigenvalue weighted by atomic mass is 32.1. The van der Waals surface area contributed by atoms with Crippen molar-refractivity contribution in [2.45, 2.75) is 19.9 Å². The van der Waals surface area contributed by atoms with Crippen molar-refractivity contribution in [3.8, 4) is 0 Å². The van der Waals surface area contributed by atoms with Crippen LogP contribution in [0.2, 0.25) is 0 Å². The first-order chi connectivity index (χ1) is 6.27. The molecule has 3 nitrogen and oxygen atoms in total. The van der Waals surface area contributed by atoms with Gasteiger partial charge < -0.3 is 0 Å². The van der Waals surface area contributed by atoms with E-state index in [9.17, 15) is 4.79 Å². The van der Waals surface area contributed by atoms with Crippen LogP contribution in [0.1, 0.15) is 13.3 Å². The van der Waals surface area contributed by atoms with Crippen molar-refractivity contribution >= 4 is 12.6 Å². The Morgan fingerprint density at radius 2 is 2.46 bits per heavy atom. The molecule has 1 aromatic rings. The van der Waals surface area contributed by atoms with E-state index in [0.29, 0.717) is 12.5 Å². The Hall–Kier alpha value is -0.770. The topological polar surface area (TPSA) is 34.9 Å². The van der Waals surface area contributed by atoms with Gasteiger partial charge in [-0.2, -0.15) is 12.6 Å². The van der Waals surface area contributed by atoms with E-state index in [4.69, 9.17) is 0 Å². The van der Waals surface area contributed by atoms with Crippen LogP contribution in [0.15, 0.2) is 23.4 Å². The number of hydrogen-bond acceptors (Lipinski definition) is 3. The fourth-order valence-electron chi connectivity index (χ4n) is 1.11. The number of rotatable bonds is 4. The molecule has 0 fully saturated rings. The molecule has 4 heteroatoms. The molecule has 0 aliphatic heterocycles. The summed E-state index contributed by atoms with van der Waals surface area (Å²) in [7, 11) is 0. The van der Waals surface area contributed by atoms with Gasteiger partial charge in [0.15, 0.2) is 0 Å². The van der Waals surface area contributed by atoms with Gasteiger partial charge in [-0.25, -0.2) is 4.98 Å². The lowest BCUT2D eigenvalue weighted by Gasteiger charge is -2.12. The average Bonchev–Trinajstić information content (AvgIpc) is 2.17. The third-order valence-electron chi connectivity index (χ3n) is 2.08. The van der Waals surface area contributed by atoms with Crippen molar-refractivity contribution in [3.63, 3.8) is 0 Å². The maximum atomic E-state index is 11.3. The highest BCUT2D eigenvalue weighted by Gasteiger charge is 2.05. The van der Waals surface area contributed by atoms with E-state index < -0.39 is 0 Å². The van der Waals surface area contributed by atoms with Crippen LogP contribution in [0, 0.1) is 5.92 Å². The van der Waals surface area contributed by atoms with Crippen molar-refractivity contribution in [1.29, 1.82) is 0 Å². The predicted molar refractivity (Wildman–Crippen MR) is 56.1 cm³/mol. The monoisotopic (exact) mass is 198 g/mol. The second-order valence-electron chi connectivity index (χ2n) is 3.03. The van der Waals surface area contributed by atoms with Crippen LogP contribution in [-0.4, -0.2) is 15.3 Å². The molecular weight excluding hydrogens is 184 g/mol. The number of thiol groups is 1. The standard InChI is InChI=1S/C9H14N2OS/c1-2-8(6-13)5-11-7-10-4-3-9(11)12/h3-4,7-8,13H,2,5-6H2,1H3. The molecule has 0 aliphatic rings. The van der Waals surface area contributed by atoms with Gasteiger partial charge in [-0.15, -0.1) is 0 Å². The molecule has 1 rings (SSSR count). The minimum absolute atomic E-state index is 0.00948. The van der Waals surface area contributed by atoms with Crippen LogP contribution < -0.4 is 5.56 Å². The van der Waals surface area contributed by atoms with Gasteiger partial charge in [0.25, 0.3) is 5.56 Å². The quantitative estimate of drug-likeness (QED) is 0.738. The van der Waals surface area contributed by atoms with E-state index in [1.165, 1.54) is 12.3 Å². The van der Waals surface area contributed by atoms with E-state index in [1.54, 1.807) is 10.9 Å². The molecule has 0 amide bonds. The van der Waals surface area contributed by atoms with Gasteiger partial charge in [0.1, 0.15) is 0 Å². The fourth-order valence-corrected chi connectivity index (χ4v) is 1.48. The summed E-state index contributed by atoms with van der Waals surface area (Å²) < 4.78 is 1.63. The summed E-state index contributed by atoms with van der Waals surface area (Å²) in [4.78, 5) is 15.2. The van der Waals surface area contributed by atoms with Crippen LogP contribution in [0.3, 0.4) is 0 Å². The molecule has 1 atom stereocenters. The van der Waals surface area contributed by atoms with Gasteiger partial charge in [-0.3, -0.25) is 9.36 Å². The predicted octanol–water partition coefficient (Wildman–Crippen LogP) is 1.20. The Bertz CT molecular complexity index is 306. The fraction of sp³-hybridized carbons (Fsp3) is 0.556. The second kappa shape index (κ2) is 5.07. The Labute approximate surface area is 83.2 Å².